The molecule has 1 fully saturated rings. The van der Waals surface area contributed by atoms with Crippen molar-refractivity contribution in [3.63, 3.8) is 0 Å². The highest BCUT2D eigenvalue weighted by Gasteiger charge is 2.34. The summed E-state index contributed by atoms with van der Waals surface area (Å²) in [7, 11) is 0. The summed E-state index contributed by atoms with van der Waals surface area (Å²) >= 11 is 3.13. The van der Waals surface area contributed by atoms with E-state index in [0.717, 1.165) is 31.9 Å². The maximum atomic E-state index is 14.1. The lowest BCUT2D eigenvalue weighted by molar-refractivity contribution is 0.0974. The molecule has 53 heavy (non-hydrogen) atoms. The Kier molecular flexibility index (Phi) is 12.7. The van der Waals surface area contributed by atoms with Gasteiger partial charge in [0.05, 0.1) is 0 Å². The van der Waals surface area contributed by atoms with Crippen molar-refractivity contribution in [1.29, 1.82) is 0 Å². The van der Waals surface area contributed by atoms with Crippen LogP contribution in [0.15, 0.2) is 129 Å². The first kappa shape index (κ1) is 37.5. The van der Waals surface area contributed by atoms with Crippen LogP contribution in [0.4, 0.5) is 0 Å². The van der Waals surface area contributed by atoms with E-state index in [1.807, 2.05) is 24.3 Å². The van der Waals surface area contributed by atoms with Crippen LogP contribution in [0, 0.1) is 5.92 Å². The first-order valence-corrected chi connectivity index (χ1v) is 21.7. The van der Waals surface area contributed by atoms with Gasteiger partial charge in [-0.25, -0.2) is 0 Å². The van der Waals surface area contributed by atoms with Gasteiger partial charge in [0.25, 0.3) is 0 Å². The van der Waals surface area contributed by atoms with Gasteiger partial charge in [0.15, 0.2) is 11.6 Å². The van der Waals surface area contributed by atoms with Crippen molar-refractivity contribution in [2.24, 2.45) is 5.92 Å². The number of hydrogen-bond donors (Lipinski definition) is 0. The highest BCUT2D eigenvalue weighted by Crippen LogP contribution is 2.44. The van der Waals surface area contributed by atoms with E-state index >= 15 is 0 Å². The minimum Gasteiger partial charge on any atom is -0.289 e. The summed E-state index contributed by atoms with van der Waals surface area (Å²) in [4.78, 5) is 32.0. The molecule has 7 rings (SSSR count). The molecule has 0 aromatic heterocycles. The quantitative estimate of drug-likeness (QED) is 0.0983. The third-order valence-corrected chi connectivity index (χ3v) is 13.5. The molecule has 5 aromatic carbocycles. The molecule has 0 unspecified atom stereocenters. The molecule has 0 N–H and O–H groups in total. The van der Waals surface area contributed by atoms with E-state index in [4.69, 9.17) is 0 Å². The van der Waals surface area contributed by atoms with Crippen LogP contribution in [0.2, 0.25) is 0 Å². The van der Waals surface area contributed by atoms with Gasteiger partial charge in [0.1, 0.15) is 0 Å². The van der Waals surface area contributed by atoms with E-state index in [-0.39, 0.29) is 11.6 Å². The molecule has 0 heterocycles. The van der Waals surface area contributed by atoms with E-state index < -0.39 is 0 Å². The number of rotatable bonds is 15. The highest BCUT2D eigenvalue weighted by molar-refractivity contribution is 8.00. The second-order valence-electron chi connectivity index (χ2n) is 15.0. The Labute approximate surface area is 325 Å². The molecule has 272 valence electrons. The number of carbonyl (C=O) groups is 2. The van der Waals surface area contributed by atoms with Gasteiger partial charge in [-0.1, -0.05) is 155 Å². The van der Waals surface area contributed by atoms with Gasteiger partial charge in [0, 0.05) is 41.8 Å². The number of aryl methyl sites for hydroxylation is 1. The molecule has 5 aromatic rings. The number of fused-ring (bicyclic) bond motifs is 2. The Morgan fingerprint density at radius 1 is 0.528 bits per heavy atom. The van der Waals surface area contributed by atoms with Gasteiger partial charge < -0.3 is 0 Å². The monoisotopic (exact) mass is 736 g/mol. The summed E-state index contributed by atoms with van der Waals surface area (Å²) in [6, 6.07) is 37.9. The van der Waals surface area contributed by atoms with Crippen LogP contribution in [0.5, 0.6) is 0 Å². The zero-order valence-corrected chi connectivity index (χ0v) is 33.0. The third-order valence-electron chi connectivity index (χ3n) is 11.3. The number of benzene rings is 5. The van der Waals surface area contributed by atoms with Gasteiger partial charge in [-0.2, -0.15) is 0 Å². The molecule has 0 aliphatic heterocycles. The van der Waals surface area contributed by atoms with Gasteiger partial charge in [0.2, 0.25) is 0 Å². The molecule has 1 saturated carbocycles. The van der Waals surface area contributed by atoms with Crippen LogP contribution in [-0.4, -0.2) is 11.6 Å². The maximum absolute atomic E-state index is 14.1. The maximum Gasteiger partial charge on any atom is 0.195 e. The van der Waals surface area contributed by atoms with Crippen LogP contribution in [-0.2, 0) is 6.42 Å². The van der Waals surface area contributed by atoms with Gasteiger partial charge in [-0.15, -0.1) is 0 Å². The van der Waals surface area contributed by atoms with Gasteiger partial charge >= 0.3 is 0 Å². The van der Waals surface area contributed by atoms with Crippen molar-refractivity contribution < 1.29 is 9.59 Å². The van der Waals surface area contributed by atoms with E-state index in [9.17, 15) is 9.59 Å². The predicted molar refractivity (Wildman–Crippen MR) is 223 cm³/mol. The molecule has 0 amide bonds. The average Bonchev–Trinajstić information content (AvgIpc) is 3.20. The molecule has 2 nitrogen and oxygen atoms in total. The standard InChI is InChI=1S/C49H52O2S2/c1-3-5-7-9-13-35-18-28-40(29-19-35)52-44-32-33-45(47-46(44)48(50)42-14-10-11-15-43(42)49(47)51)53-41-30-26-39(27-31-41)38-24-22-37(23-25-38)36-20-16-34(17-21-36)12-8-6-4-2/h10-11,14-15,18-19,22-34,36H,3-9,12-13,16-17,20-21H2,1-2H3. The molecule has 0 saturated heterocycles. The van der Waals surface area contributed by atoms with E-state index in [1.54, 1.807) is 35.7 Å². The van der Waals surface area contributed by atoms with Crippen molar-refractivity contribution in [1.82, 2.24) is 0 Å². The van der Waals surface area contributed by atoms with Crippen molar-refractivity contribution in [3.8, 4) is 11.1 Å². The topological polar surface area (TPSA) is 34.1 Å². The zero-order valence-electron chi connectivity index (χ0n) is 31.4. The normalized spacial score (nSPS) is 16.7. The number of carbonyl (C=O) groups excluding carboxylic acids is 2. The Morgan fingerprint density at radius 3 is 1.58 bits per heavy atom. The molecule has 2 aliphatic carbocycles. The van der Waals surface area contributed by atoms with Gasteiger partial charge in [-0.3, -0.25) is 9.59 Å². The summed E-state index contributed by atoms with van der Waals surface area (Å²) in [5.74, 6) is 1.46. The summed E-state index contributed by atoms with van der Waals surface area (Å²) in [5, 5.41) is 0. The van der Waals surface area contributed by atoms with Crippen LogP contribution in [0.3, 0.4) is 0 Å². The Hall–Kier alpha value is -3.86. The molecule has 0 radical (unpaired) electrons. The molecule has 2 aliphatic rings. The Balaban J connectivity index is 1.07. The van der Waals surface area contributed by atoms with E-state index in [1.165, 1.54) is 99.3 Å². The number of ketones is 2. The largest absolute Gasteiger partial charge is 0.289 e. The molecule has 0 bridgehead atoms. The minimum absolute atomic E-state index is 0.0773. The van der Waals surface area contributed by atoms with Crippen LogP contribution >= 0.6 is 23.5 Å². The lowest BCUT2D eigenvalue weighted by atomic mass is 9.77. The Morgan fingerprint density at radius 2 is 1.04 bits per heavy atom. The number of unbranched alkanes of at least 4 members (excludes halogenated alkanes) is 5. The van der Waals surface area contributed by atoms with Crippen molar-refractivity contribution in [3.05, 3.63) is 143 Å². The second kappa shape index (κ2) is 18.0. The van der Waals surface area contributed by atoms with Crippen molar-refractivity contribution >= 4 is 35.1 Å². The molecular formula is C49H52O2S2. The van der Waals surface area contributed by atoms with Gasteiger partial charge in [-0.05, 0) is 109 Å². The number of hydrogen-bond acceptors (Lipinski definition) is 4. The van der Waals surface area contributed by atoms with Crippen molar-refractivity contribution in [2.75, 3.05) is 0 Å². The first-order chi connectivity index (χ1) is 26.0. The summed E-state index contributed by atoms with van der Waals surface area (Å²) < 4.78 is 0. The second-order valence-corrected chi connectivity index (χ2v) is 17.3. The molecule has 0 atom stereocenters. The SMILES string of the molecule is CCCCCCc1ccc(Sc2ccc(Sc3ccc(-c4ccc(C5CCC(CCCCC)CC5)cc4)cc3)c3c2C(=O)c2ccccc2C3=O)cc1. The van der Waals surface area contributed by atoms with Crippen LogP contribution in [0.25, 0.3) is 11.1 Å². The fourth-order valence-corrected chi connectivity index (χ4v) is 10.1. The van der Waals surface area contributed by atoms with Crippen LogP contribution < -0.4 is 0 Å². The lowest BCUT2D eigenvalue weighted by Crippen LogP contribution is -2.22. The summed E-state index contributed by atoms with van der Waals surface area (Å²) in [5.41, 5.74) is 7.24. The average molecular weight is 737 g/mol. The van der Waals surface area contributed by atoms with Crippen LogP contribution in [0.1, 0.15) is 140 Å². The third kappa shape index (κ3) is 8.93. The molecule has 0 spiro atoms. The fraction of sp³-hybridized carbons (Fsp3) is 0.347. The molecule has 4 heteroatoms. The lowest BCUT2D eigenvalue weighted by Gasteiger charge is -2.29. The molecular weight excluding hydrogens is 685 g/mol. The summed E-state index contributed by atoms with van der Waals surface area (Å²) in [6.45, 7) is 4.53. The first-order valence-electron chi connectivity index (χ1n) is 20.0. The zero-order chi connectivity index (χ0) is 36.6. The Bertz CT molecular complexity index is 2000. The van der Waals surface area contributed by atoms with E-state index in [2.05, 4.69) is 86.6 Å². The minimum atomic E-state index is -0.0794. The fourth-order valence-electron chi connectivity index (χ4n) is 8.20. The summed E-state index contributed by atoms with van der Waals surface area (Å²) in [6.07, 6.45) is 17.0. The smallest absolute Gasteiger partial charge is 0.195 e. The van der Waals surface area contributed by atoms with E-state index in [0.29, 0.717) is 28.2 Å². The van der Waals surface area contributed by atoms with Crippen molar-refractivity contribution in [2.45, 2.75) is 123 Å². The predicted octanol–water partition coefficient (Wildman–Crippen LogP) is 14.4. The highest BCUT2D eigenvalue weighted by atomic mass is 32.2.